The van der Waals surface area contributed by atoms with Crippen LogP contribution in [0.1, 0.15) is 26.3 Å². The second kappa shape index (κ2) is 8.17. The number of hydrogen-bond acceptors (Lipinski definition) is 5. The Kier molecular flexibility index (Phi) is 6.87. The Morgan fingerprint density at radius 2 is 2.12 bits per heavy atom. The van der Waals surface area contributed by atoms with Gasteiger partial charge in [0, 0.05) is 27.5 Å². The van der Waals surface area contributed by atoms with Gasteiger partial charge in [0.1, 0.15) is 11.6 Å². The fourth-order valence-corrected chi connectivity index (χ4v) is 6.18. The van der Waals surface area contributed by atoms with Crippen LogP contribution in [0.2, 0.25) is 5.02 Å². The SMILES string of the molecule is CC(C)(C)OC(=O)C1CSCCN1S(=O)(=O)Cc1ccc(Br)cc1Cl. The number of nitrogens with zero attached hydrogens (tertiary/aromatic N) is 1. The van der Waals surface area contributed by atoms with Gasteiger partial charge in [-0.3, -0.25) is 4.79 Å². The van der Waals surface area contributed by atoms with Crippen LogP contribution in [-0.2, 0) is 25.3 Å². The van der Waals surface area contributed by atoms with Crippen LogP contribution in [0.4, 0.5) is 0 Å². The number of ether oxygens (including phenoxy) is 1. The first-order chi connectivity index (χ1) is 11.5. The van der Waals surface area contributed by atoms with Crippen molar-refractivity contribution >= 4 is 55.3 Å². The van der Waals surface area contributed by atoms with Crippen molar-refractivity contribution in [3.63, 3.8) is 0 Å². The van der Waals surface area contributed by atoms with Crippen LogP contribution in [0, 0.1) is 0 Å². The van der Waals surface area contributed by atoms with Crippen LogP contribution in [0.25, 0.3) is 0 Å². The van der Waals surface area contributed by atoms with Gasteiger partial charge >= 0.3 is 5.97 Å². The molecule has 9 heteroatoms. The van der Waals surface area contributed by atoms with E-state index in [9.17, 15) is 13.2 Å². The first-order valence-electron chi connectivity index (χ1n) is 7.74. The molecule has 1 heterocycles. The zero-order valence-electron chi connectivity index (χ0n) is 14.3. The molecule has 1 aliphatic heterocycles. The van der Waals surface area contributed by atoms with E-state index in [4.69, 9.17) is 16.3 Å². The molecule has 0 radical (unpaired) electrons. The zero-order chi connectivity index (χ0) is 18.8. The lowest BCUT2D eigenvalue weighted by molar-refractivity contribution is -0.158. The van der Waals surface area contributed by atoms with Crippen molar-refractivity contribution in [2.75, 3.05) is 18.1 Å². The average molecular weight is 471 g/mol. The molecule has 0 amide bonds. The quantitative estimate of drug-likeness (QED) is 0.628. The van der Waals surface area contributed by atoms with Gasteiger partial charge in [-0.2, -0.15) is 16.1 Å². The summed E-state index contributed by atoms with van der Waals surface area (Å²) in [5.41, 5.74) is -0.157. The summed E-state index contributed by atoms with van der Waals surface area (Å²) in [5, 5.41) is 0.373. The summed E-state index contributed by atoms with van der Waals surface area (Å²) in [6.45, 7) is 5.58. The van der Waals surface area contributed by atoms with Gasteiger partial charge in [-0.05, 0) is 38.5 Å². The summed E-state index contributed by atoms with van der Waals surface area (Å²) in [5.74, 6) is 0.280. The minimum Gasteiger partial charge on any atom is -0.459 e. The van der Waals surface area contributed by atoms with Crippen LogP contribution >= 0.6 is 39.3 Å². The van der Waals surface area contributed by atoms with E-state index in [1.165, 1.54) is 4.31 Å². The van der Waals surface area contributed by atoms with Crippen molar-refractivity contribution in [1.82, 2.24) is 4.31 Å². The van der Waals surface area contributed by atoms with Gasteiger partial charge in [-0.25, -0.2) is 8.42 Å². The van der Waals surface area contributed by atoms with E-state index in [2.05, 4.69) is 15.9 Å². The van der Waals surface area contributed by atoms with Crippen LogP contribution < -0.4 is 0 Å². The number of carbonyl (C=O) groups is 1. The third-order valence-corrected chi connectivity index (χ3v) is 7.16. The topological polar surface area (TPSA) is 63.7 Å². The number of rotatable bonds is 4. The number of sulfonamides is 1. The molecule has 1 aromatic carbocycles. The maximum atomic E-state index is 12.9. The summed E-state index contributed by atoms with van der Waals surface area (Å²) in [7, 11) is -3.70. The number of thioether (sulfide) groups is 1. The highest BCUT2D eigenvalue weighted by atomic mass is 79.9. The van der Waals surface area contributed by atoms with Crippen LogP contribution in [0.5, 0.6) is 0 Å². The zero-order valence-corrected chi connectivity index (χ0v) is 18.3. The molecule has 140 valence electrons. The Morgan fingerprint density at radius 1 is 1.44 bits per heavy atom. The molecular formula is C16H21BrClNO4S2. The molecule has 0 aromatic heterocycles. The Labute approximate surface area is 166 Å². The number of halogens is 2. The van der Waals surface area contributed by atoms with E-state index in [1.54, 1.807) is 50.7 Å². The van der Waals surface area contributed by atoms with Gasteiger partial charge < -0.3 is 4.74 Å². The Hall–Kier alpha value is -0.280. The summed E-state index contributed by atoms with van der Waals surface area (Å²) in [4.78, 5) is 12.5. The maximum absolute atomic E-state index is 12.9. The van der Waals surface area contributed by atoms with E-state index in [0.29, 0.717) is 22.1 Å². The summed E-state index contributed by atoms with van der Waals surface area (Å²) in [6, 6.07) is 4.26. The second-order valence-corrected chi connectivity index (χ2v) is 11.1. The molecule has 25 heavy (non-hydrogen) atoms. The number of esters is 1. The van der Waals surface area contributed by atoms with Crippen molar-refractivity contribution < 1.29 is 17.9 Å². The van der Waals surface area contributed by atoms with E-state index < -0.39 is 27.6 Å². The predicted octanol–water partition coefficient (Wildman–Crippen LogP) is 3.69. The van der Waals surface area contributed by atoms with E-state index in [-0.39, 0.29) is 12.3 Å². The molecule has 0 N–H and O–H groups in total. The summed E-state index contributed by atoms with van der Waals surface area (Å²) >= 11 is 11.0. The van der Waals surface area contributed by atoms with Gasteiger partial charge in [0.2, 0.25) is 10.0 Å². The van der Waals surface area contributed by atoms with Gasteiger partial charge in [-0.15, -0.1) is 0 Å². The maximum Gasteiger partial charge on any atom is 0.325 e. The molecule has 0 aliphatic carbocycles. The minimum absolute atomic E-state index is 0.247. The van der Waals surface area contributed by atoms with Gasteiger partial charge in [-0.1, -0.05) is 33.6 Å². The lowest BCUT2D eigenvalue weighted by atomic mass is 10.2. The Bertz CT molecular complexity index is 749. The van der Waals surface area contributed by atoms with E-state index in [0.717, 1.165) is 4.47 Å². The lowest BCUT2D eigenvalue weighted by Gasteiger charge is -2.34. The Balaban J connectivity index is 2.23. The highest BCUT2D eigenvalue weighted by Crippen LogP contribution is 2.28. The lowest BCUT2D eigenvalue weighted by Crippen LogP contribution is -2.52. The first kappa shape index (κ1) is 21.0. The Morgan fingerprint density at radius 3 is 2.72 bits per heavy atom. The van der Waals surface area contributed by atoms with Crippen molar-refractivity contribution in [2.24, 2.45) is 0 Å². The highest BCUT2D eigenvalue weighted by Gasteiger charge is 2.39. The van der Waals surface area contributed by atoms with Crippen molar-refractivity contribution in [3.05, 3.63) is 33.3 Å². The van der Waals surface area contributed by atoms with E-state index >= 15 is 0 Å². The number of hydrogen-bond donors (Lipinski definition) is 0. The van der Waals surface area contributed by atoms with Crippen LogP contribution in [0.15, 0.2) is 22.7 Å². The normalized spacial score (nSPS) is 19.6. The van der Waals surface area contributed by atoms with Gasteiger partial charge in [0.25, 0.3) is 0 Å². The highest BCUT2D eigenvalue weighted by molar-refractivity contribution is 9.10. The molecule has 5 nitrogen and oxygen atoms in total. The molecule has 0 bridgehead atoms. The fourth-order valence-electron chi connectivity index (χ4n) is 2.39. The third kappa shape index (κ3) is 5.85. The molecule has 1 unspecified atom stereocenters. The van der Waals surface area contributed by atoms with E-state index in [1.807, 2.05) is 0 Å². The fraction of sp³-hybridized carbons (Fsp3) is 0.562. The third-order valence-electron chi connectivity index (χ3n) is 3.47. The summed E-state index contributed by atoms with van der Waals surface area (Å²) in [6.07, 6.45) is 0. The smallest absolute Gasteiger partial charge is 0.325 e. The average Bonchev–Trinajstić information content (AvgIpc) is 2.48. The standard InChI is InChI=1S/C16H21BrClNO4S2/c1-16(2,3)23-15(20)14-9-24-7-6-19(14)25(21,22)10-11-4-5-12(17)8-13(11)18/h4-5,8,14H,6-7,9-10H2,1-3H3. The molecule has 1 saturated heterocycles. The number of carbonyl (C=O) groups excluding carboxylic acids is 1. The largest absolute Gasteiger partial charge is 0.459 e. The number of benzene rings is 1. The molecule has 0 saturated carbocycles. The minimum atomic E-state index is -3.70. The molecule has 1 aliphatic rings. The van der Waals surface area contributed by atoms with Gasteiger partial charge in [0.05, 0.1) is 5.75 Å². The van der Waals surface area contributed by atoms with Crippen molar-refractivity contribution in [1.29, 1.82) is 0 Å². The molecule has 1 aromatic rings. The molecule has 1 atom stereocenters. The molecular weight excluding hydrogens is 450 g/mol. The monoisotopic (exact) mass is 469 g/mol. The second-order valence-electron chi connectivity index (χ2n) is 6.73. The molecule has 0 spiro atoms. The predicted molar refractivity (Wildman–Crippen MR) is 105 cm³/mol. The van der Waals surface area contributed by atoms with Crippen LogP contribution in [0.3, 0.4) is 0 Å². The van der Waals surface area contributed by atoms with Crippen molar-refractivity contribution in [2.45, 2.75) is 38.2 Å². The molecule has 1 fully saturated rings. The van der Waals surface area contributed by atoms with Gasteiger partial charge in [0.15, 0.2) is 0 Å². The summed E-state index contributed by atoms with van der Waals surface area (Å²) < 4.78 is 33.3. The first-order valence-corrected chi connectivity index (χ1v) is 11.7. The van der Waals surface area contributed by atoms with Crippen molar-refractivity contribution in [3.8, 4) is 0 Å². The molecule has 2 rings (SSSR count). The van der Waals surface area contributed by atoms with Crippen LogP contribution in [-0.4, -0.2) is 48.4 Å².